The fraction of sp³-hybridized carbons (Fsp3) is 0.280. The van der Waals surface area contributed by atoms with Crippen molar-refractivity contribution >= 4 is 27.5 Å². The Balaban J connectivity index is 1.86. The third kappa shape index (κ3) is 6.49. The van der Waals surface area contributed by atoms with E-state index in [1.165, 1.54) is 30.4 Å². The number of benzene rings is 2. The van der Waals surface area contributed by atoms with Gasteiger partial charge in [0.25, 0.3) is 0 Å². The van der Waals surface area contributed by atoms with Crippen molar-refractivity contribution in [3.8, 4) is 5.75 Å². The van der Waals surface area contributed by atoms with Gasteiger partial charge in [0.1, 0.15) is 17.6 Å². The van der Waals surface area contributed by atoms with Gasteiger partial charge in [0.2, 0.25) is 21.8 Å². The third-order valence-electron chi connectivity index (χ3n) is 5.38. The van der Waals surface area contributed by atoms with Gasteiger partial charge in [0, 0.05) is 0 Å². The number of aryl methyl sites for hydroxylation is 1. The van der Waals surface area contributed by atoms with E-state index >= 15 is 0 Å². The van der Waals surface area contributed by atoms with Crippen molar-refractivity contribution in [3.63, 3.8) is 0 Å². The second-order valence-corrected chi connectivity index (χ2v) is 9.56. The van der Waals surface area contributed by atoms with Crippen molar-refractivity contribution in [1.82, 2.24) is 10.0 Å². The van der Waals surface area contributed by atoms with E-state index in [-0.39, 0.29) is 17.9 Å². The molecule has 0 unspecified atom stereocenters. The number of nitrogens with one attached hydrogen (secondary N) is 2. The maximum Gasteiger partial charge on any atom is 0.243 e. The molecule has 1 atom stereocenters. The normalized spacial score (nSPS) is 12.1. The molecule has 0 aliphatic carbocycles. The van der Waals surface area contributed by atoms with Crippen LogP contribution < -0.4 is 19.7 Å². The van der Waals surface area contributed by atoms with E-state index in [1.54, 1.807) is 55.5 Å². The molecule has 0 spiro atoms. The highest BCUT2D eigenvalue weighted by Crippen LogP contribution is 2.30. The second kappa shape index (κ2) is 11.7. The molecular weight excluding hydrogens is 470 g/mol. The Morgan fingerprint density at radius 1 is 1.06 bits per heavy atom. The highest BCUT2D eigenvalue weighted by Gasteiger charge is 2.32. The molecule has 2 amide bonds. The van der Waals surface area contributed by atoms with Crippen LogP contribution >= 0.6 is 0 Å². The lowest BCUT2D eigenvalue weighted by Crippen LogP contribution is -2.52. The maximum absolute atomic E-state index is 13.4. The van der Waals surface area contributed by atoms with Crippen molar-refractivity contribution < 1.29 is 27.2 Å². The van der Waals surface area contributed by atoms with Crippen molar-refractivity contribution in [3.05, 3.63) is 78.3 Å². The fourth-order valence-electron chi connectivity index (χ4n) is 3.54. The van der Waals surface area contributed by atoms with Crippen molar-refractivity contribution in [2.45, 2.75) is 37.8 Å². The zero-order valence-corrected chi connectivity index (χ0v) is 20.7. The lowest BCUT2D eigenvalue weighted by molar-refractivity contribution is -0.126. The molecule has 0 aliphatic heterocycles. The van der Waals surface area contributed by atoms with Crippen LogP contribution in [0.25, 0.3) is 0 Å². The number of nitrogens with zero attached hydrogens (tertiary/aromatic N) is 1. The Labute approximate surface area is 205 Å². The molecule has 0 radical (unpaired) electrons. The number of rotatable bonds is 11. The molecule has 3 rings (SSSR count). The van der Waals surface area contributed by atoms with E-state index in [9.17, 15) is 18.0 Å². The van der Waals surface area contributed by atoms with Crippen LogP contribution in [-0.4, -0.2) is 39.9 Å². The van der Waals surface area contributed by atoms with Gasteiger partial charge in [-0.3, -0.25) is 14.5 Å². The summed E-state index contributed by atoms with van der Waals surface area (Å²) in [6.45, 7) is 3.22. The number of sulfonamides is 1. The summed E-state index contributed by atoms with van der Waals surface area (Å²) >= 11 is 0. The quantitative estimate of drug-likeness (QED) is 0.419. The van der Waals surface area contributed by atoms with Gasteiger partial charge in [-0.2, -0.15) is 0 Å². The Bertz CT molecular complexity index is 1240. The summed E-state index contributed by atoms with van der Waals surface area (Å²) in [6, 6.07) is 15.6. The van der Waals surface area contributed by atoms with E-state index in [0.29, 0.717) is 17.2 Å². The molecule has 3 aromatic rings. The van der Waals surface area contributed by atoms with E-state index < -0.39 is 34.4 Å². The Morgan fingerprint density at radius 2 is 1.77 bits per heavy atom. The van der Waals surface area contributed by atoms with Gasteiger partial charge in [-0.1, -0.05) is 36.8 Å². The number of hydrogen-bond acceptors (Lipinski definition) is 6. The number of para-hydroxylation sites is 2. The molecule has 0 fully saturated rings. The van der Waals surface area contributed by atoms with Crippen molar-refractivity contribution in [2.24, 2.45) is 0 Å². The molecule has 0 aliphatic rings. The molecule has 35 heavy (non-hydrogen) atoms. The van der Waals surface area contributed by atoms with Gasteiger partial charge in [-0.15, -0.1) is 0 Å². The lowest BCUT2D eigenvalue weighted by atomic mass is 10.1. The second-order valence-electron chi connectivity index (χ2n) is 7.79. The number of carbonyl (C=O) groups is 2. The number of hydrogen-bond donors (Lipinski definition) is 2. The minimum absolute atomic E-state index is 0.0444. The van der Waals surface area contributed by atoms with Crippen molar-refractivity contribution in [2.75, 3.05) is 18.6 Å². The SMILES string of the molecule is CC[C@@H](C(=O)NCc1ccco1)N(C(=O)CNS(=O)(=O)c1ccc(C)cc1)c1ccccc1OC. The highest BCUT2D eigenvalue weighted by molar-refractivity contribution is 7.89. The molecular formula is C25H29N3O6S. The van der Waals surface area contributed by atoms with Gasteiger partial charge >= 0.3 is 0 Å². The first-order valence-electron chi connectivity index (χ1n) is 11.1. The van der Waals surface area contributed by atoms with Crippen LogP contribution in [0.3, 0.4) is 0 Å². The van der Waals surface area contributed by atoms with Gasteiger partial charge in [0.05, 0.1) is 37.0 Å². The predicted octanol–water partition coefficient (Wildman–Crippen LogP) is 3.00. The number of methoxy groups -OCH3 is 1. The number of carbonyl (C=O) groups excluding carboxylic acids is 2. The highest BCUT2D eigenvalue weighted by atomic mass is 32.2. The molecule has 1 heterocycles. The zero-order valence-electron chi connectivity index (χ0n) is 19.9. The summed E-state index contributed by atoms with van der Waals surface area (Å²) in [5.74, 6) is -0.0801. The molecule has 10 heteroatoms. The number of ether oxygens (including phenoxy) is 1. The minimum Gasteiger partial charge on any atom is -0.495 e. The van der Waals surface area contributed by atoms with E-state index in [0.717, 1.165) is 5.56 Å². The van der Waals surface area contributed by atoms with Gasteiger partial charge in [0.15, 0.2) is 0 Å². The summed E-state index contributed by atoms with van der Waals surface area (Å²) < 4.78 is 38.5. The van der Waals surface area contributed by atoms with Crippen LogP contribution in [0.5, 0.6) is 5.75 Å². The van der Waals surface area contributed by atoms with Gasteiger partial charge < -0.3 is 14.5 Å². The summed E-state index contributed by atoms with van der Waals surface area (Å²) in [6.07, 6.45) is 1.78. The average molecular weight is 500 g/mol. The van der Waals surface area contributed by atoms with E-state index in [4.69, 9.17) is 9.15 Å². The first-order chi connectivity index (χ1) is 16.8. The zero-order chi connectivity index (χ0) is 25.4. The van der Waals surface area contributed by atoms with Crippen LogP contribution in [0.1, 0.15) is 24.7 Å². The van der Waals surface area contributed by atoms with Crippen LogP contribution in [0, 0.1) is 6.92 Å². The van der Waals surface area contributed by atoms with Crippen LogP contribution in [0.15, 0.2) is 76.2 Å². The average Bonchev–Trinajstić information content (AvgIpc) is 3.38. The molecule has 2 aromatic carbocycles. The number of furan rings is 1. The molecule has 9 nitrogen and oxygen atoms in total. The predicted molar refractivity (Wildman–Crippen MR) is 131 cm³/mol. The fourth-order valence-corrected chi connectivity index (χ4v) is 4.51. The first-order valence-corrected chi connectivity index (χ1v) is 12.6. The molecule has 0 saturated carbocycles. The Kier molecular flexibility index (Phi) is 8.67. The standard InChI is InChI=1S/C25H29N3O6S/c1-4-21(25(30)26-16-19-8-7-15-34-19)28(22-9-5-6-10-23(22)33-3)24(29)17-27-35(31,32)20-13-11-18(2)12-14-20/h5-15,21,27H,4,16-17H2,1-3H3,(H,26,30)/t21-/m0/s1. The Morgan fingerprint density at radius 3 is 2.40 bits per heavy atom. The summed E-state index contributed by atoms with van der Waals surface area (Å²) in [5, 5.41) is 2.78. The molecule has 2 N–H and O–H groups in total. The third-order valence-corrected chi connectivity index (χ3v) is 6.79. The topological polar surface area (TPSA) is 118 Å². The molecule has 1 aromatic heterocycles. The van der Waals surface area contributed by atoms with Gasteiger partial charge in [-0.25, -0.2) is 13.1 Å². The first kappa shape index (κ1) is 26.0. The molecule has 0 bridgehead atoms. The number of anilines is 1. The van der Waals surface area contributed by atoms with Crippen molar-refractivity contribution in [1.29, 1.82) is 0 Å². The monoisotopic (exact) mass is 499 g/mol. The lowest BCUT2D eigenvalue weighted by Gasteiger charge is -2.31. The summed E-state index contributed by atoms with van der Waals surface area (Å²) in [7, 11) is -2.48. The maximum atomic E-state index is 13.4. The number of amides is 2. The summed E-state index contributed by atoms with van der Waals surface area (Å²) in [4.78, 5) is 27.9. The largest absolute Gasteiger partial charge is 0.495 e. The van der Waals surface area contributed by atoms with Crippen LogP contribution in [-0.2, 0) is 26.2 Å². The van der Waals surface area contributed by atoms with Gasteiger partial charge in [-0.05, 0) is 49.7 Å². The molecule has 186 valence electrons. The van der Waals surface area contributed by atoms with E-state index in [2.05, 4.69) is 10.0 Å². The van der Waals surface area contributed by atoms with E-state index in [1.807, 2.05) is 6.92 Å². The van der Waals surface area contributed by atoms with Crippen LogP contribution in [0.4, 0.5) is 5.69 Å². The smallest absolute Gasteiger partial charge is 0.243 e. The molecule has 0 saturated heterocycles. The minimum atomic E-state index is -3.94. The summed E-state index contributed by atoms with van der Waals surface area (Å²) in [5.41, 5.74) is 1.27. The Hall–Kier alpha value is -3.63. The van der Waals surface area contributed by atoms with Crippen LogP contribution in [0.2, 0.25) is 0 Å².